The molecule has 1 saturated carbocycles. The average molecular weight is 261 g/mol. The molecule has 1 aromatic carbocycles. The zero-order chi connectivity index (χ0) is 13.2. The largest absolute Gasteiger partial charge is 0.353 e. The molecule has 19 heavy (non-hydrogen) atoms. The van der Waals surface area contributed by atoms with E-state index in [2.05, 4.69) is 22.2 Å². The highest BCUT2D eigenvalue weighted by molar-refractivity contribution is 5.77. The van der Waals surface area contributed by atoms with Crippen LogP contribution in [0, 0.1) is 11.7 Å². The van der Waals surface area contributed by atoms with Crippen LogP contribution in [0.5, 0.6) is 0 Å². The Kier molecular flexibility index (Phi) is 3.40. The van der Waals surface area contributed by atoms with Gasteiger partial charge in [-0.1, -0.05) is 13.3 Å². The van der Waals surface area contributed by atoms with Gasteiger partial charge in [0.15, 0.2) is 0 Å². The minimum atomic E-state index is -0.230. The summed E-state index contributed by atoms with van der Waals surface area (Å²) in [5, 5.41) is 3.45. The lowest BCUT2D eigenvalue weighted by Gasteiger charge is -2.28. The van der Waals surface area contributed by atoms with E-state index in [9.17, 15) is 4.39 Å². The van der Waals surface area contributed by atoms with E-state index in [1.807, 2.05) is 0 Å². The number of hydrogen-bond donors (Lipinski definition) is 2. The second-order valence-corrected chi connectivity index (χ2v) is 5.52. The Bertz CT molecular complexity index is 556. The summed E-state index contributed by atoms with van der Waals surface area (Å²) in [6.07, 6.45) is 6.27. The summed E-state index contributed by atoms with van der Waals surface area (Å²) in [5.41, 5.74) is 1.57. The van der Waals surface area contributed by atoms with Crippen LogP contribution >= 0.6 is 0 Å². The number of rotatable bonds is 3. The summed E-state index contributed by atoms with van der Waals surface area (Å²) >= 11 is 0. The van der Waals surface area contributed by atoms with Gasteiger partial charge in [0.1, 0.15) is 5.82 Å². The molecule has 0 bridgehead atoms. The van der Waals surface area contributed by atoms with Gasteiger partial charge in [-0.05, 0) is 49.8 Å². The molecule has 2 N–H and O–H groups in total. The minimum absolute atomic E-state index is 0.230. The van der Waals surface area contributed by atoms with Crippen LogP contribution in [0.25, 0.3) is 11.0 Å². The van der Waals surface area contributed by atoms with Gasteiger partial charge >= 0.3 is 0 Å². The van der Waals surface area contributed by atoms with Crippen LogP contribution in [0.4, 0.5) is 10.3 Å². The van der Waals surface area contributed by atoms with Gasteiger partial charge in [0.25, 0.3) is 0 Å². The Balaban J connectivity index is 1.68. The molecule has 1 aliphatic carbocycles. The monoisotopic (exact) mass is 261 g/mol. The van der Waals surface area contributed by atoms with Crippen LogP contribution < -0.4 is 5.32 Å². The molecule has 3 nitrogen and oxygen atoms in total. The SMILES string of the molecule is CCC1CCC(Nc2nc3ccc(F)cc3[nH]2)CC1. The van der Waals surface area contributed by atoms with Crippen molar-refractivity contribution in [3.05, 3.63) is 24.0 Å². The Labute approximate surface area is 112 Å². The zero-order valence-corrected chi connectivity index (χ0v) is 11.2. The van der Waals surface area contributed by atoms with E-state index in [1.165, 1.54) is 44.2 Å². The molecule has 1 aliphatic rings. The number of fused-ring (bicyclic) bond motifs is 1. The summed E-state index contributed by atoms with van der Waals surface area (Å²) in [4.78, 5) is 7.60. The normalized spacial score (nSPS) is 23.7. The van der Waals surface area contributed by atoms with Crippen LogP contribution in [-0.4, -0.2) is 16.0 Å². The number of imidazole rings is 1. The molecule has 1 fully saturated rings. The predicted octanol–water partition coefficient (Wildman–Crippen LogP) is 4.08. The highest BCUT2D eigenvalue weighted by atomic mass is 19.1. The van der Waals surface area contributed by atoms with Crippen molar-refractivity contribution in [3.63, 3.8) is 0 Å². The molecule has 2 aromatic rings. The number of hydrogen-bond acceptors (Lipinski definition) is 2. The van der Waals surface area contributed by atoms with Gasteiger partial charge in [0.05, 0.1) is 11.0 Å². The zero-order valence-electron chi connectivity index (χ0n) is 11.2. The van der Waals surface area contributed by atoms with Gasteiger partial charge in [-0.15, -0.1) is 0 Å². The van der Waals surface area contributed by atoms with E-state index in [0.29, 0.717) is 6.04 Å². The number of benzene rings is 1. The van der Waals surface area contributed by atoms with Crippen LogP contribution in [0.1, 0.15) is 39.0 Å². The van der Waals surface area contributed by atoms with Gasteiger partial charge in [-0.25, -0.2) is 9.37 Å². The molecule has 1 heterocycles. The molecule has 0 spiro atoms. The first-order valence-corrected chi connectivity index (χ1v) is 7.16. The van der Waals surface area contributed by atoms with Gasteiger partial charge in [0.2, 0.25) is 5.95 Å². The lowest BCUT2D eigenvalue weighted by atomic mass is 9.85. The topological polar surface area (TPSA) is 40.7 Å². The number of nitrogens with one attached hydrogen (secondary N) is 2. The Morgan fingerprint density at radius 3 is 2.84 bits per heavy atom. The van der Waals surface area contributed by atoms with Crippen molar-refractivity contribution in [3.8, 4) is 0 Å². The van der Waals surface area contributed by atoms with E-state index >= 15 is 0 Å². The molecule has 4 heteroatoms. The predicted molar refractivity (Wildman–Crippen MR) is 75.7 cm³/mol. The molecule has 0 saturated heterocycles. The van der Waals surface area contributed by atoms with Crippen LogP contribution in [-0.2, 0) is 0 Å². The van der Waals surface area contributed by atoms with Crippen molar-refractivity contribution in [1.82, 2.24) is 9.97 Å². The van der Waals surface area contributed by atoms with Crippen molar-refractivity contribution < 1.29 is 4.39 Å². The van der Waals surface area contributed by atoms with Crippen LogP contribution in [0.15, 0.2) is 18.2 Å². The lowest BCUT2D eigenvalue weighted by Crippen LogP contribution is -2.26. The van der Waals surface area contributed by atoms with E-state index in [0.717, 1.165) is 22.9 Å². The van der Waals surface area contributed by atoms with Crippen LogP contribution in [0.2, 0.25) is 0 Å². The number of aromatic amines is 1. The number of anilines is 1. The smallest absolute Gasteiger partial charge is 0.201 e. The lowest BCUT2D eigenvalue weighted by molar-refractivity contribution is 0.329. The highest BCUT2D eigenvalue weighted by Crippen LogP contribution is 2.28. The molecule has 0 aliphatic heterocycles. The Hall–Kier alpha value is -1.58. The first-order chi connectivity index (χ1) is 9.24. The second-order valence-electron chi connectivity index (χ2n) is 5.52. The summed E-state index contributed by atoms with van der Waals surface area (Å²) in [6.45, 7) is 2.27. The number of nitrogens with zero attached hydrogens (tertiary/aromatic N) is 1. The average Bonchev–Trinajstić information content (AvgIpc) is 2.81. The molecule has 0 unspecified atom stereocenters. The van der Waals surface area contributed by atoms with E-state index in [4.69, 9.17) is 0 Å². The van der Waals surface area contributed by atoms with E-state index in [-0.39, 0.29) is 5.82 Å². The maximum Gasteiger partial charge on any atom is 0.201 e. The Morgan fingerprint density at radius 1 is 1.32 bits per heavy atom. The van der Waals surface area contributed by atoms with Crippen molar-refractivity contribution in [2.75, 3.05) is 5.32 Å². The number of halogens is 1. The third-order valence-corrected chi connectivity index (χ3v) is 4.21. The third kappa shape index (κ3) is 2.72. The van der Waals surface area contributed by atoms with Crippen LogP contribution in [0.3, 0.4) is 0 Å². The number of H-pyrrole nitrogens is 1. The first-order valence-electron chi connectivity index (χ1n) is 7.16. The fourth-order valence-corrected chi connectivity index (χ4v) is 2.96. The fraction of sp³-hybridized carbons (Fsp3) is 0.533. The van der Waals surface area contributed by atoms with Crippen molar-refractivity contribution >= 4 is 17.0 Å². The molecular formula is C15H20FN3. The van der Waals surface area contributed by atoms with Crippen molar-refractivity contribution in [2.45, 2.75) is 45.1 Å². The van der Waals surface area contributed by atoms with Gasteiger partial charge in [-0.3, -0.25) is 0 Å². The molecule has 1 aromatic heterocycles. The first kappa shape index (κ1) is 12.5. The summed E-state index contributed by atoms with van der Waals surface area (Å²) in [7, 11) is 0. The Morgan fingerprint density at radius 2 is 2.11 bits per heavy atom. The summed E-state index contributed by atoms with van der Waals surface area (Å²) < 4.78 is 13.1. The van der Waals surface area contributed by atoms with Gasteiger partial charge in [-0.2, -0.15) is 0 Å². The fourth-order valence-electron chi connectivity index (χ4n) is 2.96. The summed E-state index contributed by atoms with van der Waals surface area (Å²) in [5.74, 6) is 1.43. The minimum Gasteiger partial charge on any atom is -0.353 e. The molecule has 102 valence electrons. The standard InChI is InChI=1S/C15H20FN3/c1-2-10-3-6-12(7-4-10)17-15-18-13-8-5-11(16)9-14(13)19-15/h5,8-10,12H,2-4,6-7H2,1H3,(H2,17,18,19). The molecule has 0 atom stereocenters. The van der Waals surface area contributed by atoms with E-state index in [1.54, 1.807) is 6.07 Å². The van der Waals surface area contributed by atoms with Crippen molar-refractivity contribution in [1.29, 1.82) is 0 Å². The highest BCUT2D eigenvalue weighted by Gasteiger charge is 2.20. The molecular weight excluding hydrogens is 241 g/mol. The molecule has 0 radical (unpaired) electrons. The maximum absolute atomic E-state index is 13.1. The molecule has 3 rings (SSSR count). The van der Waals surface area contributed by atoms with Gasteiger partial charge < -0.3 is 10.3 Å². The quantitative estimate of drug-likeness (QED) is 0.874. The second kappa shape index (κ2) is 5.19. The van der Waals surface area contributed by atoms with Crippen molar-refractivity contribution in [2.24, 2.45) is 5.92 Å². The molecule has 0 amide bonds. The van der Waals surface area contributed by atoms with E-state index < -0.39 is 0 Å². The number of aromatic nitrogens is 2. The maximum atomic E-state index is 13.1. The summed E-state index contributed by atoms with van der Waals surface area (Å²) in [6, 6.07) is 5.13. The van der Waals surface area contributed by atoms with Gasteiger partial charge in [0, 0.05) is 6.04 Å². The third-order valence-electron chi connectivity index (χ3n) is 4.21.